The van der Waals surface area contributed by atoms with Crippen molar-refractivity contribution in [3.8, 4) is 0 Å². The van der Waals surface area contributed by atoms with Gasteiger partial charge in [-0.25, -0.2) is 9.69 Å². The largest absolute Gasteiger partial charge is 0.454 e. The number of ketones is 1. The maximum absolute atomic E-state index is 13.0. The van der Waals surface area contributed by atoms with Crippen molar-refractivity contribution in [3.05, 3.63) is 104 Å². The molecule has 9 nitrogen and oxygen atoms in total. The van der Waals surface area contributed by atoms with Gasteiger partial charge in [0.15, 0.2) is 6.61 Å². The van der Waals surface area contributed by atoms with E-state index in [0.717, 1.165) is 22.1 Å². The molecule has 0 saturated carbocycles. The van der Waals surface area contributed by atoms with E-state index < -0.39 is 35.1 Å². The molecule has 1 heterocycles. The van der Waals surface area contributed by atoms with Crippen LogP contribution in [0.2, 0.25) is 0 Å². The van der Waals surface area contributed by atoms with Gasteiger partial charge >= 0.3 is 5.97 Å². The van der Waals surface area contributed by atoms with Crippen LogP contribution in [0.3, 0.4) is 0 Å². The minimum absolute atomic E-state index is 0.00585. The Morgan fingerprint density at radius 3 is 2.32 bits per heavy atom. The standard InChI is InChI=1S/C25H18N2O7/c1-14-6-8-18(10-15(14)2)26-23(29)20-9-7-17(12-21(20)24(26)30)25(31)34-13-22(28)16-4-3-5-19(11-16)27(32)33/h3-12H,13H2,1-2H3. The van der Waals surface area contributed by atoms with Crippen LogP contribution in [0.4, 0.5) is 11.4 Å². The van der Waals surface area contributed by atoms with Crippen LogP contribution >= 0.6 is 0 Å². The van der Waals surface area contributed by atoms with Crippen molar-refractivity contribution >= 4 is 34.9 Å². The molecule has 3 aromatic carbocycles. The molecule has 4 rings (SSSR count). The predicted octanol–water partition coefficient (Wildman–Crippen LogP) is 4.05. The number of benzene rings is 3. The van der Waals surface area contributed by atoms with Gasteiger partial charge in [-0.3, -0.25) is 24.5 Å². The maximum Gasteiger partial charge on any atom is 0.338 e. The number of nitro benzene ring substituents is 1. The van der Waals surface area contributed by atoms with E-state index in [2.05, 4.69) is 0 Å². The van der Waals surface area contributed by atoms with E-state index in [-0.39, 0.29) is 27.9 Å². The fourth-order valence-corrected chi connectivity index (χ4v) is 3.56. The number of rotatable bonds is 6. The molecule has 170 valence electrons. The van der Waals surface area contributed by atoms with Crippen molar-refractivity contribution in [1.29, 1.82) is 0 Å². The van der Waals surface area contributed by atoms with E-state index in [1.165, 1.54) is 36.4 Å². The molecule has 34 heavy (non-hydrogen) atoms. The zero-order valence-corrected chi connectivity index (χ0v) is 18.2. The van der Waals surface area contributed by atoms with Crippen LogP contribution in [-0.4, -0.2) is 35.1 Å². The average Bonchev–Trinajstić information content (AvgIpc) is 3.08. The zero-order valence-electron chi connectivity index (χ0n) is 18.2. The first-order chi connectivity index (χ1) is 16.2. The van der Waals surface area contributed by atoms with Crippen molar-refractivity contribution in [3.63, 3.8) is 0 Å². The highest BCUT2D eigenvalue weighted by atomic mass is 16.6. The number of nitro groups is 1. The lowest BCUT2D eigenvalue weighted by atomic mass is 10.1. The topological polar surface area (TPSA) is 124 Å². The smallest absolute Gasteiger partial charge is 0.338 e. The Kier molecular flexibility index (Phi) is 5.77. The van der Waals surface area contributed by atoms with Gasteiger partial charge in [-0.1, -0.05) is 18.2 Å². The van der Waals surface area contributed by atoms with Gasteiger partial charge in [-0.05, 0) is 55.3 Å². The second-order valence-electron chi connectivity index (χ2n) is 7.78. The number of anilines is 1. The fraction of sp³-hybridized carbons (Fsp3) is 0.120. The average molecular weight is 458 g/mol. The van der Waals surface area contributed by atoms with Gasteiger partial charge in [0, 0.05) is 17.7 Å². The van der Waals surface area contributed by atoms with E-state index in [9.17, 15) is 29.3 Å². The summed E-state index contributed by atoms with van der Waals surface area (Å²) < 4.78 is 5.04. The zero-order chi connectivity index (χ0) is 24.6. The van der Waals surface area contributed by atoms with Gasteiger partial charge in [0.25, 0.3) is 17.5 Å². The van der Waals surface area contributed by atoms with E-state index in [1.807, 2.05) is 19.9 Å². The van der Waals surface area contributed by atoms with Gasteiger partial charge < -0.3 is 4.74 Å². The molecule has 2 amide bonds. The highest BCUT2D eigenvalue weighted by Gasteiger charge is 2.37. The molecule has 0 spiro atoms. The number of non-ortho nitro benzene ring substituents is 1. The van der Waals surface area contributed by atoms with Gasteiger partial charge in [0.1, 0.15) is 0 Å². The lowest BCUT2D eigenvalue weighted by Crippen LogP contribution is -2.29. The number of amides is 2. The van der Waals surface area contributed by atoms with Crippen LogP contribution in [0, 0.1) is 24.0 Å². The van der Waals surface area contributed by atoms with Crippen LogP contribution in [0.1, 0.15) is 52.6 Å². The molecule has 3 aromatic rings. The number of imide groups is 1. The Bertz CT molecular complexity index is 1390. The molecule has 9 heteroatoms. The van der Waals surface area contributed by atoms with Crippen LogP contribution in [0.15, 0.2) is 60.7 Å². The van der Waals surface area contributed by atoms with Crippen molar-refractivity contribution < 1.29 is 28.8 Å². The predicted molar refractivity (Wildman–Crippen MR) is 121 cm³/mol. The molecule has 0 fully saturated rings. The number of nitrogens with zero attached hydrogens (tertiary/aromatic N) is 2. The third-order valence-corrected chi connectivity index (χ3v) is 5.58. The van der Waals surface area contributed by atoms with Crippen molar-refractivity contribution in [2.45, 2.75) is 13.8 Å². The summed E-state index contributed by atoms with van der Waals surface area (Å²) in [5.41, 5.74) is 2.36. The van der Waals surface area contributed by atoms with Crippen LogP contribution in [0.25, 0.3) is 0 Å². The van der Waals surface area contributed by atoms with Crippen LogP contribution in [0.5, 0.6) is 0 Å². The lowest BCUT2D eigenvalue weighted by molar-refractivity contribution is -0.384. The molecule has 0 bridgehead atoms. The second kappa shape index (κ2) is 8.70. The summed E-state index contributed by atoms with van der Waals surface area (Å²) >= 11 is 0. The van der Waals surface area contributed by atoms with Crippen molar-refractivity contribution in [2.24, 2.45) is 0 Å². The first-order valence-corrected chi connectivity index (χ1v) is 10.2. The normalized spacial score (nSPS) is 12.5. The number of aryl methyl sites for hydroxylation is 2. The SMILES string of the molecule is Cc1ccc(N2C(=O)c3ccc(C(=O)OCC(=O)c4cccc([N+](=O)[O-])c4)cc3C2=O)cc1C. The molecule has 0 radical (unpaired) electrons. The van der Waals surface area contributed by atoms with Crippen molar-refractivity contribution in [2.75, 3.05) is 11.5 Å². The van der Waals surface area contributed by atoms with E-state index >= 15 is 0 Å². The molecule has 1 aliphatic rings. The fourth-order valence-electron chi connectivity index (χ4n) is 3.56. The van der Waals surface area contributed by atoms with Gasteiger partial charge in [-0.15, -0.1) is 0 Å². The Balaban J connectivity index is 1.50. The Morgan fingerprint density at radius 2 is 1.62 bits per heavy atom. The summed E-state index contributed by atoms with van der Waals surface area (Å²) in [7, 11) is 0. The van der Waals surface area contributed by atoms with Gasteiger partial charge in [0.05, 0.1) is 27.3 Å². The number of hydrogen-bond donors (Lipinski definition) is 0. The molecule has 1 aliphatic heterocycles. The highest BCUT2D eigenvalue weighted by Crippen LogP contribution is 2.30. The molecular formula is C25H18N2O7. The van der Waals surface area contributed by atoms with Gasteiger partial charge in [-0.2, -0.15) is 0 Å². The van der Waals surface area contributed by atoms with Crippen LogP contribution < -0.4 is 4.90 Å². The number of Topliss-reactive ketones (excluding diaryl/α,β-unsaturated/α-hetero) is 1. The number of fused-ring (bicyclic) bond motifs is 1. The molecular weight excluding hydrogens is 440 g/mol. The van der Waals surface area contributed by atoms with E-state index in [4.69, 9.17) is 4.74 Å². The first-order valence-electron chi connectivity index (χ1n) is 10.2. The molecule has 0 N–H and O–H groups in total. The summed E-state index contributed by atoms with van der Waals surface area (Å²) in [6.45, 7) is 3.15. The molecule has 0 unspecified atom stereocenters. The summed E-state index contributed by atoms with van der Waals surface area (Å²) in [5, 5.41) is 10.9. The summed E-state index contributed by atoms with van der Waals surface area (Å²) in [4.78, 5) is 61.8. The summed E-state index contributed by atoms with van der Waals surface area (Å²) in [6.07, 6.45) is 0. The van der Waals surface area contributed by atoms with Crippen molar-refractivity contribution in [1.82, 2.24) is 0 Å². The monoisotopic (exact) mass is 458 g/mol. The Hall–Kier alpha value is -4.66. The number of ether oxygens (including phenoxy) is 1. The highest BCUT2D eigenvalue weighted by molar-refractivity contribution is 6.34. The molecule has 0 aliphatic carbocycles. The molecule has 0 aromatic heterocycles. The lowest BCUT2D eigenvalue weighted by Gasteiger charge is -2.15. The molecule has 0 saturated heterocycles. The quantitative estimate of drug-likeness (QED) is 0.179. The number of carbonyl (C=O) groups excluding carboxylic acids is 4. The van der Waals surface area contributed by atoms with E-state index in [0.29, 0.717) is 5.69 Å². The number of carbonyl (C=O) groups is 4. The summed E-state index contributed by atoms with van der Waals surface area (Å²) in [5.74, 6) is -2.55. The minimum Gasteiger partial charge on any atom is -0.454 e. The minimum atomic E-state index is -0.869. The number of hydrogen-bond acceptors (Lipinski definition) is 7. The molecule has 0 atom stereocenters. The maximum atomic E-state index is 13.0. The third-order valence-electron chi connectivity index (χ3n) is 5.58. The van der Waals surface area contributed by atoms with Crippen LogP contribution in [-0.2, 0) is 4.74 Å². The Labute approximate surface area is 193 Å². The Morgan fingerprint density at radius 1 is 0.882 bits per heavy atom. The first kappa shape index (κ1) is 22.5. The third kappa shape index (κ3) is 4.06. The number of esters is 1. The van der Waals surface area contributed by atoms with E-state index in [1.54, 1.807) is 12.1 Å². The van der Waals surface area contributed by atoms with Gasteiger partial charge in [0.2, 0.25) is 5.78 Å². The summed E-state index contributed by atoms with van der Waals surface area (Å²) in [6, 6.07) is 14.3. The second-order valence-corrected chi connectivity index (χ2v) is 7.78.